The van der Waals surface area contributed by atoms with Crippen LogP contribution in [0.1, 0.15) is 34.5 Å². The molecule has 0 aliphatic carbocycles. The van der Waals surface area contributed by atoms with Crippen LogP contribution in [0.2, 0.25) is 0 Å². The molecule has 126 valence electrons. The van der Waals surface area contributed by atoms with Crippen molar-refractivity contribution in [3.63, 3.8) is 0 Å². The first kappa shape index (κ1) is 17.9. The van der Waals surface area contributed by atoms with E-state index >= 15 is 0 Å². The maximum absolute atomic E-state index is 12.5. The zero-order valence-electron chi connectivity index (χ0n) is 13.5. The Hall–Kier alpha value is -2.41. The van der Waals surface area contributed by atoms with Crippen LogP contribution in [0.4, 0.5) is 5.69 Å². The van der Waals surface area contributed by atoms with E-state index in [9.17, 15) is 14.9 Å². The molecule has 1 unspecified atom stereocenters. The molecule has 0 fully saturated rings. The van der Waals surface area contributed by atoms with Gasteiger partial charge in [-0.2, -0.15) is 0 Å². The summed E-state index contributed by atoms with van der Waals surface area (Å²) in [4.78, 5) is 23.2. The van der Waals surface area contributed by atoms with Gasteiger partial charge in [-0.25, -0.2) is 0 Å². The number of nitrogens with one attached hydrogen (secondary N) is 1. The van der Waals surface area contributed by atoms with E-state index in [0.717, 1.165) is 10.0 Å². The third kappa shape index (κ3) is 3.73. The van der Waals surface area contributed by atoms with E-state index < -0.39 is 10.8 Å². The highest BCUT2D eigenvalue weighted by Gasteiger charge is 2.23. The number of hydrogen-bond acceptors (Lipinski definition) is 4. The van der Waals surface area contributed by atoms with Gasteiger partial charge in [0.2, 0.25) is 0 Å². The third-order valence-electron chi connectivity index (χ3n) is 3.69. The molecule has 1 atom stereocenters. The lowest BCUT2D eigenvalue weighted by Gasteiger charge is -2.16. The number of para-hydroxylation sites is 1. The standard InChI is InChI=1S/C17H17BrN2O4/c1-10-5-4-6-13(16(10)20(22)23)17(21)19-11(2)12-7-8-15(24-3)14(18)9-12/h4-9,11H,1-3H3,(H,19,21). The molecular formula is C17H17BrN2O4. The Labute approximate surface area is 148 Å². The van der Waals surface area contributed by atoms with Crippen LogP contribution < -0.4 is 10.1 Å². The number of carbonyl (C=O) groups excluding carboxylic acids is 1. The molecule has 2 rings (SSSR count). The van der Waals surface area contributed by atoms with Crippen LogP contribution in [0.25, 0.3) is 0 Å². The summed E-state index contributed by atoms with van der Waals surface area (Å²) in [6.45, 7) is 3.42. The predicted molar refractivity (Wildman–Crippen MR) is 94.4 cm³/mol. The van der Waals surface area contributed by atoms with E-state index in [4.69, 9.17) is 4.74 Å². The van der Waals surface area contributed by atoms with E-state index in [1.807, 2.05) is 19.1 Å². The fraction of sp³-hybridized carbons (Fsp3) is 0.235. The molecule has 1 N–H and O–H groups in total. The molecule has 0 saturated carbocycles. The van der Waals surface area contributed by atoms with Crippen molar-refractivity contribution in [1.82, 2.24) is 5.32 Å². The Morgan fingerprint density at radius 1 is 1.33 bits per heavy atom. The highest BCUT2D eigenvalue weighted by atomic mass is 79.9. The molecule has 2 aromatic carbocycles. The number of rotatable bonds is 5. The van der Waals surface area contributed by atoms with Crippen molar-refractivity contribution in [2.24, 2.45) is 0 Å². The van der Waals surface area contributed by atoms with Gasteiger partial charge in [-0.1, -0.05) is 18.2 Å². The molecule has 0 heterocycles. The molecule has 6 nitrogen and oxygen atoms in total. The van der Waals surface area contributed by atoms with E-state index in [-0.39, 0.29) is 17.3 Å². The first-order valence-corrected chi connectivity index (χ1v) is 8.02. The monoisotopic (exact) mass is 392 g/mol. The summed E-state index contributed by atoms with van der Waals surface area (Å²) >= 11 is 3.40. The molecule has 1 amide bonds. The molecule has 0 spiro atoms. The van der Waals surface area contributed by atoms with Crippen LogP contribution in [0.15, 0.2) is 40.9 Å². The predicted octanol–water partition coefficient (Wildman–Crippen LogP) is 4.17. The van der Waals surface area contributed by atoms with Crippen LogP contribution in [0, 0.1) is 17.0 Å². The van der Waals surface area contributed by atoms with Crippen LogP contribution in [0.3, 0.4) is 0 Å². The van der Waals surface area contributed by atoms with Crippen LogP contribution in [-0.2, 0) is 0 Å². The minimum atomic E-state index is -0.529. The fourth-order valence-corrected chi connectivity index (χ4v) is 2.95. The number of nitrogens with zero attached hydrogens (tertiary/aromatic N) is 1. The molecule has 24 heavy (non-hydrogen) atoms. The molecule has 7 heteroatoms. The minimum Gasteiger partial charge on any atom is -0.496 e. The number of carbonyl (C=O) groups is 1. The van der Waals surface area contributed by atoms with E-state index in [0.29, 0.717) is 11.3 Å². The Morgan fingerprint density at radius 3 is 2.62 bits per heavy atom. The second kappa shape index (κ2) is 7.44. The fourth-order valence-electron chi connectivity index (χ4n) is 2.39. The number of ether oxygens (including phenoxy) is 1. The number of nitro groups is 1. The van der Waals surface area contributed by atoms with Crippen LogP contribution in [-0.4, -0.2) is 17.9 Å². The van der Waals surface area contributed by atoms with Crippen molar-refractivity contribution < 1.29 is 14.5 Å². The first-order valence-electron chi connectivity index (χ1n) is 7.23. The number of aryl methyl sites for hydroxylation is 1. The smallest absolute Gasteiger partial charge is 0.285 e. The highest BCUT2D eigenvalue weighted by molar-refractivity contribution is 9.10. The second-order valence-corrected chi connectivity index (χ2v) is 6.17. The number of halogens is 1. The van der Waals surface area contributed by atoms with Crippen molar-refractivity contribution in [2.45, 2.75) is 19.9 Å². The maximum atomic E-state index is 12.5. The highest BCUT2D eigenvalue weighted by Crippen LogP contribution is 2.29. The van der Waals surface area contributed by atoms with Gasteiger partial charge in [0, 0.05) is 5.56 Å². The number of methoxy groups -OCH3 is 1. The Morgan fingerprint density at radius 2 is 2.04 bits per heavy atom. The third-order valence-corrected chi connectivity index (χ3v) is 4.31. The van der Waals surface area contributed by atoms with Gasteiger partial charge < -0.3 is 10.1 Å². The quantitative estimate of drug-likeness (QED) is 0.611. The number of benzene rings is 2. The Balaban J connectivity index is 2.25. The minimum absolute atomic E-state index is 0.0550. The number of amides is 1. The molecule has 0 aliphatic heterocycles. The van der Waals surface area contributed by atoms with Gasteiger partial charge in [-0.05, 0) is 53.5 Å². The molecule has 0 radical (unpaired) electrons. The van der Waals surface area contributed by atoms with Crippen LogP contribution >= 0.6 is 15.9 Å². The Bertz CT molecular complexity index is 792. The lowest BCUT2D eigenvalue weighted by molar-refractivity contribution is -0.385. The molecule has 0 saturated heterocycles. The SMILES string of the molecule is COc1ccc(C(C)NC(=O)c2cccc(C)c2[N+](=O)[O-])cc1Br. The number of hydrogen-bond donors (Lipinski definition) is 1. The topological polar surface area (TPSA) is 81.5 Å². The Kier molecular flexibility index (Phi) is 5.56. The van der Waals surface area contributed by atoms with Gasteiger partial charge in [0.15, 0.2) is 0 Å². The molecular weight excluding hydrogens is 376 g/mol. The summed E-state index contributed by atoms with van der Waals surface area (Å²) in [5, 5.41) is 14.0. The van der Waals surface area contributed by atoms with Crippen molar-refractivity contribution in [1.29, 1.82) is 0 Å². The van der Waals surface area contributed by atoms with Gasteiger partial charge in [0.25, 0.3) is 11.6 Å². The van der Waals surface area contributed by atoms with E-state index in [1.54, 1.807) is 32.2 Å². The van der Waals surface area contributed by atoms with E-state index in [1.165, 1.54) is 6.07 Å². The molecule has 2 aromatic rings. The summed E-state index contributed by atoms with van der Waals surface area (Å²) in [5.41, 5.74) is 1.19. The maximum Gasteiger partial charge on any atom is 0.285 e. The van der Waals surface area contributed by atoms with Crippen molar-refractivity contribution in [3.05, 3.63) is 67.7 Å². The average Bonchev–Trinajstić information content (AvgIpc) is 2.53. The average molecular weight is 393 g/mol. The molecule has 0 aliphatic rings. The zero-order chi connectivity index (χ0) is 17.9. The first-order chi connectivity index (χ1) is 11.3. The lowest BCUT2D eigenvalue weighted by Crippen LogP contribution is -2.27. The van der Waals surface area contributed by atoms with Gasteiger partial charge in [-0.15, -0.1) is 0 Å². The molecule has 0 aromatic heterocycles. The van der Waals surface area contributed by atoms with Crippen LogP contribution in [0.5, 0.6) is 5.75 Å². The van der Waals surface area contributed by atoms with Crippen molar-refractivity contribution in [2.75, 3.05) is 7.11 Å². The second-order valence-electron chi connectivity index (χ2n) is 5.32. The van der Waals surface area contributed by atoms with Gasteiger partial charge in [-0.3, -0.25) is 14.9 Å². The summed E-state index contributed by atoms with van der Waals surface area (Å²) < 4.78 is 5.94. The van der Waals surface area contributed by atoms with Gasteiger partial charge >= 0.3 is 0 Å². The molecule has 0 bridgehead atoms. The van der Waals surface area contributed by atoms with Crippen molar-refractivity contribution >= 4 is 27.5 Å². The van der Waals surface area contributed by atoms with E-state index in [2.05, 4.69) is 21.2 Å². The normalized spacial score (nSPS) is 11.7. The summed E-state index contributed by atoms with van der Waals surface area (Å²) in [7, 11) is 1.57. The largest absolute Gasteiger partial charge is 0.496 e. The van der Waals surface area contributed by atoms with Gasteiger partial charge in [0.1, 0.15) is 11.3 Å². The summed E-state index contributed by atoms with van der Waals surface area (Å²) in [5.74, 6) is 0.205. The summed E-state index contributed by atoms with van der Waals surface area (Å²) in [6, 6.07) is 9.84. The van der Waals surface area contributed by atoms with Gasteiger partial charge in [0.05, 0.1) is 22.5 Å². The summed E-state index contributed by atoms with van der Waals surface area (Å²) in [6.07, 6.45) is 0. The lowest BCUT2D eigenvalue weighted by atomic mass is 10.1. The number of nitro benzene ring substituents is 1. The van der Waals surface area contributed by atoms with Crippen molar-refractivity contribution in [3.8, 4) is 5.75 Å². The zero-order valence-corrected chi connectivity index (χ0v) is 15.1.